The van der Waals surface area contributed by atoms with Crippen LogP contribution in [0, 0.1) is 6.92 Å². The molecule has 0 spiro atoms. The fraction of sp³-hybridized carbons (Fsp3) is 0.211. The van der Waals surface area contributed by atoms with E-state index >= 15 is 0 Å². The summed E-state index contributed by atoms with van der Waals surface area (Å²) in [7, 11) is -3.83. The maximum atomic E-state index is 13.2. The van der Waals surface area contributed by atoms with Gasteiger partial charge in [-0.25, -0.2) is 8.42 Å². The van der Waals surface area contributed by atoms with Crippen molar-refractivity contribution in [3.63, 3.8) is 0 Å². The number of sulfonamides is 1. The Kier molecular flexibility index (Phi) is 5.15. The predicted octanol–water partition coefficient (Wildman–Crippen LogP) is 4.91. The Balaban J connectivity index is 2.09. The van der Waals surface area contributed by atoms with Gasteiger partial charge in [-0.1, -0.05) is 53.0 Å². The highest BCUT2D eigenvalue weighted by molar-refractivity contribution is 7.89. The molecule has 26 heavy (non-hydrogen) atoms. The second-order valence-corrected chi connectivity index (χ2v) is 8.82. The maximum Gasteiger partial charge on any atom is 0.264 e. The maximum absolute atomic E-state index is 13.2. The number of ketones is 1. The van der Waals surface area contributed by atoms with Gasteiger partial charge in [0, 0.05) is 18.2 Å². The second kappa shape index (κ2) is 7.06. The third-order valence-corrected chi connectivity index (χ3v) is 6.97. The van der Waals surface area contributed by atoms with Gasteiger partial charge >= 0.3 is 0 Å². The molecule has 3 rings (SSSR count). The minimum atomic E-state index is -3.83. The molecule has 1 heterocycles. The average molecular weight is 410 g/mol. The molecular weight excluding hydrogens is 393 g/mol. The van der Waals surface area contributed by atoms with Crippen molar-refractivity contribution in [1.82, 2.24) is 4.31 Å². The molecule has 0 amide bonds. The van der Waals surface area contributed by atoms with Crippen molar-refractivity contribution in [3.05, 3.63) is 75.4 Å². The minimum absolute atomic E-state index is 0.167. The third-order valence-electron chi connectivity index (χ3n) is 4.26. The number of rotatable bonds is 4. The molecule has 0 radical (unpaired) electrons. The third kappa shape index (κ3) is 3.39. The number of aryl methyl sites for hydroxylation is 1. The lowest BCUT2D eigenvalue weighted by molar-refractivity contribution is -0.112. The summed E-state index contributed by atoms with van der Waals surface area (Å²) in [4.78, 5) is 11.7. The van der Waals surface area contributed by atoms with Crippen molar-refractivity contribution < 1.29 is 13.2 Å². The molecule has 2 aromatic carbocycles. The quantitative estimate of drug-likeness (QED) is 0.673. The predicted molar refractivity (Wildman–Crippen MR) is 103 cm³/mol. The number of carbonyl (C=O) groups is 1. The summed E-state index contributed by atoms with van der Waals surface area (Å²) in [6.45, 7) is 3.28. The van der Waals surface area contributed by atoms with E-state index in [1.54, 1.807) is 42.5 Å². The normalized spacial score (nSPS) is 18.7. The van der Waals surface area contributed by atoms with Gasteiger partial charge in [-0.3, -0.25) is 9.10 Å². The van der Waals surface area contributed by atoms with Crippen molar-refractivity contribution in [1.29, 1.82) is 0 Å². The van der Waals surface area contributed by atoms with E-state index in [0.29, 0.717) is 27.7 Å². The van der Waals surface area contributed by atoms with Crippen molar-refractivity contribution >= 4 is 39.0 Å². The van der Waals surface area contributed by atoms with Gasteiger partial charge in [-0.15, -0.1) is 0 Å². The molecule has 0 bridgehead atoms. The number of halogens is 2. The summed E-state index contributed by atoms with van der Waals surface area (Å²) in [5.74, 6) is -0.209. The van der Waals surface area contributed by atoms with E-state index in [2.05, 4.69) is 0 Å². The lowest BCUT2D eigenvalue weighted by atomic mass is 9.94. The standard InChI is InChI=1S/C19H17Cl2NO3S/c1-12-6-8-15(9-7-12)26(24,25)22-14(10-13(2)23)11-18(22)16-4-3-5-17(20)19(16)21/h3-10,18H,11H2,1-2H3/b14-10+. The molecule has 7 heteroatoms. The van der Waals surface area contributed by atoms with E-state index in [9.17, 15) is 13.2 Å². The number of nitrogens with zero attached hydrogens (tertiary/aromatic N) is 1. The molecule has 1 atom stereocenters. The summed E-state index contributed by atoms with van der Waals surface area (Å²) in [5.41, 5.74) is 2.02. The highest BCUT2D eigenvalue weighted by Gasteiger charge is 2.43. The van der Waals surface area contributed by atoms with Crippen LogP contribution in [0.15, 0.2) is 59.1 Å². The fourth-order valence-electron chi connectivity index (χ4n) is 2.98. The van der Waals surface area contributed by atoms with E-state index < -0.39 is 16.1 Å². The molecular formula is C19H17Cl2NO3S. The summed E-state index contributed by atoms with van der Waals surface area (Å²) in [6, 6.07) is 11.2. The zero-order chi connectivity index (χ0) is 19.1. The van der Waals surface area contributed by atoms with Gasteiger partial charge in [0.05, 0.1) is 21.0 Å². The van der Waals surface area contributed by atoms with Crippen LogP contribution in [-0.2, 0) is 14.8 Å². The number of hydrogen-bond donors (Lipinski definition) is 0. The van der Waals surface area contributed by atoms with Crippen molar-refractivity contribution in [2.24, 2.45) is 0 Å². The van der Waals surface area contributed by atoms with Crippen LogP contribution in [0.5, 0.6) is 0 Å². The van der Waals surface area contributed by atoms with Crippen molar-refractivity contribution in [2.45, 2.75) is 31.2 Å². The van der Waals surface area contributed by atoms with E-state index in [-0.39, 0.29) is 10.7 Å². The van der Waals surface area contributed by atoms with E-state index in [1.165, 1.54) is 17.3 Å². The minimum Gasteiger partial charge on any atom is -0.295 e. The molecule has 2 aromatic rings. The SMILES string of the molecule is CC(=O)/C=C1\CC(c2cccc(Cl)c2Cl)N1S(=O)(=O)c1ccc(C)cc1. The molecule has 0 saturated carbocycles. The first-order valence-electron chi connectivity index (χ1n) is 7.98. The molecule has 0 aromatic heterocycles. The van der Waals surface area contributed by atoms with Crippen LogP contribution >= 0.6 is 23.2 Å². The van der Waals surface area contributed by atoms with Gasteiger partial charge in [0.25, 0.3) is 10.0 Å². The Morgan fingerprint density at radius 2 is 1.81 bits per heavy atom. The zero-order valence-corrected chi connectivity index (χ0v) is 16.6. The number of allylic oxidation sites excluding steroid dienone is 1. The van der Waals surface area contributed by atoms with Gasteiger partial charge in [0.15, 0.2) is 5.78 Å². The molecule has 4 nitrogen and oxygen atoms in total. The number of carbonyl (C=O) groups excluding carboxylic acids is 1. The Morgan fingerprint density at radius 3 is 2.42 bits per heavy atom. The molecule has 1 aliphatic rings. The van der Waals surface area contributed by atoms with Crippen LogP contribution in [0.25, 0.3) is 0 Å². The topological polar surface area (TPSA) is 54.5 Å². The number of hydrogen-bond acceptors (Lipinski definition) is 3. The molecule has 1 unspecified atom stereocenters. The summed E-state index contributed by atoms with van der Waals surface area (Å²) in [5, 5.41) is 0.686. The Hall–Kier alpha value is -1.82. The fourth-order valence-corrected chi connectivity index (χ4v) is 5.08. The van der Waals surface area contributed by atoms with E-state index in [0.717, 1.165) is 5.56 Å². The van der Waals surface area contributed by atoms with Crippen molar-refractivity contribution in [3.8, 4) is 0 Å². The molecule has 1 aliphatic heterocycles. The largest absolute Gasteiger partial charge is 0.295 e. The highest BCUT2D eigenvalue weighted by Crippen LogP contribution is 2.48. The zero-order valence-electron chi connectivity index (χ0n) is 14.2. The van der Waals surface area contributed by atoms with Gasteiger partial charge in [-0.2, -0.15) is 0 Å². The molecule has 0 N–H and O–H groups in total. The van der Waals surface area contributed by atoms with Gasteiger partial charge in [0.2, 0.25) is 0 Å². The van der Waals surface area contributed by atoms with E-state index in [4.69, 9.17) is 23.2 Å². The first-order valence-corrected chi connectivity index (χ1v) is 10.2. The number of benzene rings is 2. The van der Waals surface area contributed by atoms with Crippen molar-refractivity contribution in [2.75, 3.05) is 0 Å². The van der Waals surface area contributed by atoms with Crippen LogP contribution < -0.4 is 0 Å². The Morgan fingerprint density at radius 1 is 1.15 bits per heavy atom. The summed E-state index contributed by atoms with van der Waals surface area (Å²) in [6.07, 6.45) is 1.74. The van der Waals surface area contributed by atoms with Crippen LogP contribution in [0.2, 0.25) is 10.0 Å². The smallest absolute Gasteiger partial charge is 0.264 e. The van der Waals surface area contributed by atoms with Crippen LogP contribution in [0.1, 0.15) is 30.5 Å². The van der Waals surface area contributed by atoms with Crippen LogP contribution in [-0.4, -0.2) is 18.5 Å². The molecule has 0 aliphatic carbocycles. The van der Waals surface area contributed by atoms with Gasteiger partial charge < -0.3 is 0 Å². The molecule has 1 saturated heterocycles. The highest BCUT2D eigenvalue weighted by atomic mass is 35.5. The summed E-state index contributed by atoms with van der Waals surface area (Å²) >= 11 is 12.4. The lowest BCUT2D eigenvalue weighted by Crippen LogP contribution is -2.43. The Labute approximate surface area is 163 Å². The molecule has 1 fully saturated rings. The van der Waals surface area contributed by atoms with Gasteiger partial charge in [0.1, 0.15) is 0 Å². The molecule has 136 valence electrons. The Bertz CT molecular complexity index is 998. The van der Waals surface area contributed by atoms with Gasteiger partial charge in [-0.05, 0) is 37.6 Å². The first-order chi connectivity index (χ1) is 12.2. The second-order valence-electron chi connectivity index (χ2n) is 6.22. The average Bonchev–Trinajstić information content (AvgIpc) is 2.54. The van der Waals surface area contributed by atoms with Crippen LogP contribution in [0.4, 0.5) is 0 Å². The lowest BCUT2D eigenvalue weighted by Gasteiger charge is -2.44. The van der Waals surface area contributed by atoms with E-state index in [1.807, 2.05) is 6.92 Å². The first kappa shape index (κ1) is 19.0. The monoisotopic (exact) mass is 409 g/mol. The summed E-state index contributed by atoms with van der Waals surface area (Å²) < 4.78 is 27.7. The van der Waals surface area contributed by atoms with Crippen LogP contribution in [0.3, 0.4) is 0 Å².